The summed E-state index contributed by atoms with van der Waals surface area (Å²) in [6.45, 7) is 8.81. The number of carbonyl (C=O) groups excluding carboxylic acids is 1. The minimum Gasteiger partial charge on any atom is -0.368 e. The van der Waals surface area contributed by atoms with Crippen LogP contribution in [0.3, 0.4) is 0 Å². The molecular formula is C15H22FN3O. The first-order valence-electron chi connectivity index (χ1n) is 6.93. The van der Waals surface area contributed by atoms with E-state index in [1.807, 2.05) is 25.7 Å². The predicted molar refractivity (Wildman–Crippen MR) is 78.5 cm³/mol. The van der Waals surface area contributed by atoms with Gasteiger partial charge in [0, 0.05) is 37.4 Å². The second kappa shape index (κ2) is 5.69. The topological polar surface area (TPSA) is 35.6 Å². The van der Waals surface area contributed by atoms with Crippen molar-refractivity contribution in [3.05, 3.63) is 30.1 Å². The number of amides is 2. The number of nitrogens with zero attached hydrogens (tertiary/aromatic N) is 2. The quantitative estimate of drug-likeness (QED) is 0.857. The van der Waals surface area contributed by atoms with Gasteiger partial charge in [-0.15, -0.1) is 0 Å². The van der Waals surface area contributed by atoms with Gasteiger partial charge < -0.3 is 15.1 Å². The van der Waals surface area contributed by atoms with Gasteiger partial charge in [-0.2, -0.15) is 0 Å². The molecule has 0 bridgehead atoms. The molecule has 1 saturated heterocycles. The van der Waals surface area contributed by atoms with E-state index in [0.29, 0.717) is 13.1 Å². The van der Waals surface area contributed by atoms with E-state index >= 15 is 0 Å². The Labute approximate surface area is 119 Å². The maximum Gasteiger partial charge on any atom is 0.317 e. The van der Waals surface area contributed by atoms with Gasteiger partial charge in [0.25, 0.3) is 0 Å². The summed E-state index contributed by atoms with van der Waals surface area (Å²) in [6.07, 6.45) is 0. The SMILES string of the molecule is CC(C)(C)NC(=O)N1CCN(c2ccc(F)cc2)CC1. The number of rotatable bonds is 1. The summed E-state index contributed by atoms with van der Waals surface area (Å²) in [5, 5.41) is 2.97. The summed E-state index contributed by atoms with van der Waals surface area (Å²) in [7, 11) is 0. The maximum atomic E-state index is 12.9. The standard InChI is InChI=1S/C15H22FN3O/c1-15(2,3)17-14(20)19-10-8-18(9-11-19)13-6-4-12(16)5-7-13/h4-7H,8-11H2,1-3H3,(H,17,20). The van der Waals surface area contributed by atoms with Crippen LogP contribution in [-0.2, 0) is 0 Å². The average Bonchev–Trinajstić information content (AvgIpc) is 2.38. The van der Waals surface area contributed by atoms with Crippen molar-refractivity contribution in [2.24, 2.45) is 0 Å². The summed E-state index contributed by atoms with van der Waals surface area (Å²) in [5.74, 6) is -0.225. The zero-order chi connectivity index (χ0) is 14.8. The van der Waals surface area contributed by atoms with Crippen LogP contribution in [0, 0.1) is 5.82 Å². The molecule has 0 saturated carbocycles. The molecule has 5 heteroatoms. The monoisotopic (exact) mass is 279 g/mol. The molecule has 110 valence electrons. The number of carbonyl (C=O) groups is 1. The molecule has 0 spiro atoms. The van der Waals surface area contributed by atoms with Crippen LogP contribution < -0.4 is 10.2 Å². The molecule has 1 N–H and O–H groups in total. The van der Waals surface area contributed by atoms with Crippen LogP contribution in [0.2, 0.25) is 0 Å². The molecule has 0 unspecified atom stereocenters. The first-order chi connectivity index (χ1) is 9.35. The van der Waals surface area contributed by atoms with Crippen molar-refractivity contribution in [2.45, 2.75) is 26.3 Å². The number of piperazine rings is 1. The molecule has 0 aliphatic carbocycles. The van der Waals surface area contributed by atoms with E-state index in [1.165, 1.54) is 12.1 Å². The number of hydrogen-bond acceptors (Lipinski definition) is 2. The molecule has 2 rings (SSSR count). The molecule has 4 nitrogen and oxygen atoms in total. The van der Waals surface area contributed by atoms with Gasteiger partial charge in [0.15, 0.2) is 0 Å². The Morgan fingerprint density at radius 1 is 1.10 bits per heavy atom. The number of halogens is 1. The summed E-state index contributed by atoms with van der Waals surface area (Å²) >= 11 is 0. The zero-order valence-corrected chi connectivity index (χ0v) is 12.3. The van der Waals surface area contributed by atoms with Crippen LogP contribution in [0.4, 0.5) is 14.9 Å². The molecule has 0 radical (unpaired) electrons. The fourth-order valence-corrected chi connectivity index (χ4v) is 2.22. The number of urea groups is 1. The van der Waals surface area contributed by atoms with Crippen molar-refractivity contribution in [3.8, 4) is 0 Å². The van der Waals surface area contributed by atoms with Crippen molar-refractivity contribution >= 4 is 11.7 Å². The Bertz CT molecular complexity index is 459. The predicted octanol–water partition coefficient (Wildman–Crippen LogP) is 2.46. The molecule has 0 aromatic heterocycles. The molecule has 1 aliphatic rings. The number of hydrogen-bond donors (Lipinski definition) is 1. The first kappa shape index (κ1) is 14.6. The van der Waals surface area contributed by atoms with Crippen LogP contribution >= 0.6 is 0 Å². The fourth-order valence-electron chi connectivity index (χ4n) is 2.22. The molecule has 0 atom stereocenters. The molecule has 1 fully saturated rings. The van der Waals surface area contributed by atoms with Gasteiger partial charge in [-0.1, -0.05) is 0 Å². The van der Waals surface area contributed by atoms with Gasteiger partial charge >= 0.3 is 6.03 Å². The second-order valence-electron chi connectivity index (χ2n) is 6.13. The third kappa shape index (κ3) is 3.85. The molecule has 1 heterocycles. The van der Waals surface area contributed by atoms with Crippen molar-refractivity contribution in [1.29, 1.82) is 0 Å². The minimum atomic E-state index is -0.225. The zero-order valence-electron chi connectivity index (χ0n) is 12.3. The van der Waals surface area contributed by atoms with Crippen LogP contribution in [0.25, 0.3) is 0 Å². The fraction of sp³-hybridized carbons (Fsp3) is 0.533. The van der Waals surface area contributed by atoms with Crippen molar-refractivity contribution in [1.82, 2.24) is 10.2 Å². The molecule has 1 aromatic carbocycles. The highest BCUT2D eigenvalue weighted by Crippen LogP contribution is 2.17. The minimum absolute atomic E-state index is 0.0174. The van der Waals surface area contributed by atoms with Gasteiger partial charge in [-0.25, -0.2) is 9.18 Å². The van der Waals surface area contributed by atoms with Crippen LogP contribution in [-0.4, -0.2) is 42.6 Å². The Kier molecular flexibility index (Phi) is 4.16. The van der Waals surface area contributed by atoms with Crippen LogP contribution in [0.1, 0.15) is 20.8 Å². The van der Waals surface area contributed by atoms with E-state index in [1.54, 1.807) is 12.1 Å². The highest BCUT2D eigenvalue weighted by Gasteiger charge is 2.23. The molecule has 1 aliphatic heterocycles. The van der Waals surface area contributed by atoms with E-state index in [9.17, 15) is 9.18 Å². The third-order valence-corrected chi connectivity index (χ3v) is 3.24. The maximum absolute atomic E-state index is 12.9. The van der Waals surface area contributed by atoms with Gasteiger partial charge in [0.1, 0.15) is 5.82 Å². The summed E-state index contributed by atoms with van der Waals surface area (Å²) in [5.41, 5.74) is 0.785. The van der Waals surface area contributed by atoms with Gasteiger partial charge in [0.2, 0.25) is 0 Å². The van der Waals surface area contributed by atoms with Crippen LogP contribution in [0.15, 0.2) is 24.3 Å². The average molecular weight is 279 g/mol. The van der Waals surface area contributed by atoms with E-state index in [0.717, 1.165) is 18.8 Å². The van der Waals surface area contributed by atoms with E-state index < -0.39 is 0 Å². The third-order valence-electron chi connectivity index (χ3n) is 3.24. The van der Waals surface area contributed by atoms with Gasteiger partial charge in [-0.3, -0.25) is 0 Å². The smallest absolute Gasteiger partial charge is 0.317 e. The van der Waals surface area contributed by atoms with E-state index in [-0.39, 0.29) is 17.4 Å². The van der Waals surface area contributed by atoms with Crippen molar-refractivity contribution in [2.75, 3.05) is 31.1 Å². The molecule has 2 amide bonds. The number of anilines is 1. The second-order valence-corrected chi connectivity index (χ2v) is 6.13. The highest BCUT2D eigenvalue weighted by atomic mass is 19.1. The van der Waals surface area contributed by atoms with Gasteiger partial charge in [0.05, 0.1) is 0 Å². The lowest BCUT2D eigenvalue weighted by atomic mass is 10.1. The summed E-state index contributed by atoms with van der Waals surface area (Å²) in [4.78, 5) is 16.0. The van der Waals surface area contributed by atoms with E-state index in [2.05, 4.69) is 10.2 Å². The Hall–Kier alpha value is -1.78. The van der Waals surface area contributed by atoms with Crippen molar-refractivity contribution < 1.29 is 9.18 Å². The Morgan fingerprint density at radius 3 is 2.15 bits per heavy atom. The molecular weight excluding hydrogens is 257 g/mol. The van der Waals surface area contributed by atoms with E-state index in [4.69, 9.17) is 0 Å². The largest absolute Gasteiger partial charge is 0.368 e. The molecule has 20 heavy (non-hydrogen) atoms. The number of benzene rings is 1. The first-order valence-corrected chi connectivity index (χ1v) is 6.93. The summed E-state index contributed by atoms with van der Waals surface area (Å²) in [6, 6.07) is 6.47. The lowest BCUT2D eigenvalue weighted by Crippen LogP contribution is -2.55. The Balaban J connectivity index is 1.89. The molecule has 1 aromatic rings. The Morgan fingerprint density at radius 2 is 1.65 bits per heavy atom. The van der Waals surface area contributed by atoms with Crippen molar-refractivity contribution in [3.63, 3.8) is 0 Å². The van der Waals surface area contributed by atoms with Crippen LogP contribution in [0.5, 0.6) is 0 Å². The van der Waals surface area contributed by atoms with Gasteiger partial charge in [-0.05, 0) is 45.0 Å². The lowest BCUT2D eigenvalue weighted by Gasteiger charge is -2.37. The normalized spacial score (nSPS) is 16.2. The summed E-state index contributed by atoms with van der Waals surface area (Å²) < 4.78 is 12.9. The number of nitrogens with one attached hydrogen (secondary N) is 1. The lowest BCUT2D eigenvalue weighted by molar-refractivity contribution is 0.185. The highest BCUT2D eigenvalue weighted by molar-refractivity contribution is 5.75.